The van der Waals surface area contributed by atoms with E-state index in [4.69, 9.17) is 27.9 Å². The van der Waals surface area contributed by atoms with Crippen LogP contribution in [0.4, 0.5) is 0 Å². The van der Waals surface area contributed by atoms with E-state index in [9.17, 15) is 4.79 Å². The summed E-state index contributed by atoms with van der Waals surface area (Å²) in [5.41, 5.74) is 2.89. The lowest BCUT2D eigenvalue weighted by atomic mass is 10.00. The molecule has 0 aromatic heterocycles. The van der Waals surface area contributed by atoms with Crippen LogP contribution in [0, 0.1) is 0 Å². The van der Waals surface area contributed by atoms with Crippen LogP contribution in [0.3, 0.4) is 0 Å². The number of ketones is 1. The highest BCUT2D eigenvalue weighted by Crippen LogP contribution is 2.33. The molecule has 1 aliphatic rings. The maximum Gasteiger partial charge on any atom is 0.141 e. The van der Waals surface area contributed by atoms with Crippen LogP contribution in [0.2, 0.25) is 10.0 Å². The smallest absolute Gasteiger partial charge is 0.141 e. The molecule has 0 fully saturated rings. The van der Waals surface area contributed by atoms with Crippen LogP contribution in [0.1, 0.15) is 16.7 Å². The number of Topliss-reactive ketones (excluding diaryl/α,β-unsaturated/α-hetero) is 1. The predicted octanol–water partition coefficient (Wildman–Crippen LogP) is 4.28. The van der Waals surface area contributed by atoms with E-state index in [1.807, 2.05) is 30.3 Å². The summed E-state index contributed by atoms with van der Waals surface area (Å²) in [6.07, 6.45) is 1.54. The molecule has 2 aromatic carbocycles. The van der Waals surface area contributed by atoms with Crippen molar-refractivity contribution in [1.29, 1.82) is 0 Å². The molecule has 0 radical (unpaired) electrons. The first kappa shape index (κ1) is 14.4. The zero-order valence-corrected chi connectivity index (χ0v) is 12.9. The molecule has 0 aliphatic carbocycles. The SMILES string of the molecule is O=C(Cc1cccc(Cl)c1)Cc1cc(Cl)cc2c1OCC2. The highest BCUT2D eigenvalue weighted by Gasteiger charge is 2.19. The predicted molar refractivity (Wildman–Crippen MR) is 84.5 cm³/mol. The number of carbonyl (C=O) groups is 1. The van der Waals surface area contributed by atoms with Crippen molar-refractivity contribution in [1.82, 2.24) is 0 Å². The van der Waals surface area contributed by atoms with E-state index < -0.39 is 0 Å². The molecule has 4 heteroatoms. The Kier molecular flexibility index (Phi) is 4.18. The fraction of sp³-hybridized carbons (Fsp3) is 0.235. The molecule has 0 N–H and O–H groups in total. The van der Waals surface area contributed by atoms with Gasteiger partial charge in [-0.3, -0.25) is 4.79 Å². The summed E-state index contributed by atoms with van der Waals surface area (Å²) in [5.74, 6) is 0.955. The molecule has 0 saturated carbocycles. The fourth-order valence-corrected chi connectivity index (χ4v) is 3.10. The van der Waals surface area contributed by atoms with Gasteiger partial charge in [0, 0.05) is 34.9 Å². The highest BCUT2D eigenvalue weighted by molar-refractivity contribution is 6.31. The number of hydrogen-bond acceptors (Lipinski definition) is 2. The first-order chi connectivity index (χ1) is 10.1. The summed E-state index contributed by atoms with van der Waals surface area (Å²) in [6.45, 7) is 0.658. The van der Waals surface area contributed by atoms with Gasteiger partial charge in [-0.2, -0.15) is 0 Å². The second-order valence-electron chi connectivity index (χ2n) is 5.17. The fourth-order valence-electron chi connectivity index (χ4n) is 2.63. The lowest BCUT2D eigenvalue weighted by molar-refractivity contribution is -0.117. The van der Waals surface area contributed by atoms with Crippen molar-refractivity contribution < 1.29 is 9.53 Å². The second-order valence-corrected chi connectivity index (χ2v) is 6.05. The molecular formula is C17H14Cl2O2. The van der Waals surface area contributed by atoms with Gasteiger partial charge in [-0.15, -0.1) is 0 Å². The van der Waals surface area contributed by atoms with Gasteiger partial charge in [-0.05, 0) is 35.4 Å². The van der Waals surface area contributed by atoms with Crippen molar-refractivity contribution in [3.05, 3.63) is 63.1 Å². The van der Waals surface area contributed by atoms with E-state index in [0.29, 0.717) is 29.5 Å². The van der Waals surface area contributed by atoms with Crippen LogP contribution in [0.15, 0.2) is 36.4 Å². The van der Waals surface area contributed by atoms with Gasteiger partial charge in [0.2, 0.25) is 0 Å². The van der Waals surface area contributed by atoms with Crippen LogP contribution in [0.25, 0.3) is 0 Å². The minimum Gasteiger partial charge on any atom is -0.493 e. The lowest BCUT2D eigenvalue weighted by Crippen LogP contribution is -2.07. The lowest BCUT2D eigenvalue weighted by Gasteiger charge is -2.08. The molecule has 0 unspecified atom stereocenters. The van der Waals surface area contributed by atoms with E-state index in [2.05, 4.69) is 0 Å². The molecule has 0 amide bonds. The highest BCUT2D eigenvalue weighted by atomic mass is 35.5. The Morgan fingerprint density at radius 1 is 1.10 bits per heavy atom. The van der Waals surface area contributed by atoms with Gasteiger partial charge in [0.1, 0.15) is 11.5 Å². The van der Waals surface area contributed by atoms with Gasteiger partial charge in [0.25, 0.3) is 0 Å². The van der Waals surface area contributed by atoms with Gasteiger partial charge in [-0.1, -0.05) is 35.3 Å². The normalized spacial score (nSPS) is 12.9. The van der Waals surface area contributed by atoms with E-state index in [-0.39, 0.29) is 5.78 Å². The Morgan fingerprint density at radius 3 is 2.76 bits per heavy atom. The second kappa shape index (κ2) is 6.08. The molecule has 108 valence electrons. The Morgan fingerprint density at radius 2 is 1.95 bits per heavy atom. The van der Waals surface area contributed by atoms with Crippen LogP contribution >= 0.6 is 23.2 Å². The van der Waals surface area contributed by atoms with Crippen molar-refractivity contribution in [3.63, 3.8) is 0 Å². The average Bonchev–Trinajstić information content (AvgIpc) is 2.86. The quantitative estimate of drug-likeness (QED) is 0.840. The van der Waals surface area contributed by atoms with Crippen LogP contribution in [-0.2, 0) is 24.1 Å². The number of fused-ring (bicyclic) bond motifs is 1. The first-order valence-corrected chi connectivity index (χ1v) is 7.57. The third-order valence-corrected chi connectivity index (χ3v) is 3.96. The first-order valence-electron chi connectivity index (χ1n) is 6.82. The van der Waals surface area contributed by atoms with Gasteiger partial charge in [-0.25, -0.2) is 0 Å². The van der Waals surface area contributed by atoms with Crippen molar-refractivity contribution >= 4 is 29.0 Å². The molecule has 2 nitrogen and oxygen atoms in total. The number of rotatable bonds is 4. The Bertz CT molecular complexity index is 695. The Hall–Kier alpha value is -1.51. The molecule has 0 saturated heterocycles. The average molecular weight is 321 g/mol. The largest absolute Gasteiger partial charge is 0.493 e. The molecule has 21 heavy (non-hydrogen) atoms. The third kappa shape index (κ3) is 3.39. The summed E-state index contributed by atoms with van der Waals surface area (Å²) in [5, 5.41) is 1.30. The summed E-state index contributed by atoms with van der Waals surface area (Å²) < 4.78 is 5.62. The molecule has 1 heterocycles. The van der Waals surface area contributed by atoms with E-state index in [1.54, 1.807) is 6.07 Å². The maximum atomic E-state index is 12.3. The molecule has 3 rings (SSSR count). The van der Waals surface area contributed by atoms with Crippen molar-refractivity contribution in [2.24, 2.45) is 0 Å². The minimum atomic E-state index is 0.122. The van der Waals surface area contributed by atoms with E-state index in [1.165, 1.54) is 0 Å². The Labute approximate surface area is 133 Å². The van der Waals surface area contributed by atoms with Gasteiger partial charge < -0.3 is 4.74 Å². The third-order valence-electron chi connectivity index (χ3n) is 3.50. The van der Waals surface area contributed by atoms with Crippen molar-refractivity contribution in [3.8, 4) is 5.75 Å². The number of ether oxygens (including phenoxy) is 1. The molecule has 0 spiro atoms. The van der Waals surface area contributed by atoms with Crippen LogP contribution < -0.4 is 4.74 Å². The van der Waals surface area contributed by atoms with Crippen molar-refractivity contribution in [2.45, 2.75) is 19.3 Å². The summed E-state index contributed by atoms with van der Waals surface area (Å²) in [4.78, 5) is 12.3. The monoisotopic (exact) mass is 320 g/mol. The molecule has 2 aromatic rings. The maximum absolute atomic E-state index is 12.3. The number of benzene rings is 2. The topological polar surface area (TPSA) is 26.3 Å². The number of halogens is 2. The summed E-state index contributed by atoms with van der Waals surface area (Å²) in [6, 6.07) is 11.1. The van der Waals surface area contributed by atoms with Crippen LogP contribution in [0.5, 0.6) is 5.75 Å². The van der Waals surface area contributed by atoms with Gasteiger partial charge in [0.05, 0.1) is 6.61 Å². The van der Waals surface area contributed by atoms with Crippen LogP contribution in [-0.4, -0.2) is 12.4 Å². The van der Waals surface area contributed by atoms with Gasteiger partial charge in [0.15, 0.2) is 0 Å². The molecular weight excluding hydrogens is 307 g/mol. The summed E-state index contributed by atoms with van der Waals surface area (Å²) >= 11 is 12.0. The summed E-state index contributed by atoms with van der Waals surface area (Å²) in [7, 11) is 0. The van der Waals surface area contributed by atoms with E-state index >= 15 is 0 Å². The number of hydrogen-bond donors (Lipinski definition) is 0. The minimum absolute atomic E-state index is 0.122. The van der Waals surface area contributed by atoms with Gasteiger partial charge >= 0.3 is 0 Å². The standard InChI is InChI=1S/C17H14Cl2O2/c18-14-3-1-2-11(6-14)7-16(20)10-13-9-15(19)8-12-4-5-21-17(12)13/h1-3,6,8-9H,4-5,7,10H2. The zero-order valence-electron chi connectivity index (χ0n) is 11.4. The number of carbonyl (C=O) groups excluding carboxylic acids is 1. The van der Waals surface area contributed by atoms with Crippen molar-refractivity contribution in [2.75, 3.05) is 6.61 Å². The molecule has 1 aliphatic heterocycles. The molecule has 0 atom stereocenters. The Balaban J connectivity index is 1.76. The zero-order chi connectivity index (χ0) is 14.8. The molecule has 0 bridgehead atoms. The van der Waals surface area contributed by atoms with E-state index in [0.717, 1.165) is 28.9 Å².